The number of hydrogen-bond acceptors (Lipinski definition) is 3. The summed E-state index contributed by atoms with van der Waals surface area (Å²) in [5.41, 5.74) is 0.583. The largest absolute Gasteiger partial charge is 0.340 e. The number of aryl methyl sites for hydroxylation is 1. The van der Waals surface area contributed by atoms with Gasteiger partial charge in [0.15, 0.2) is 5.82 Å². The maximum Gasteiger partial charge on any atom is 0.264 e. The molecule has 0 saturated heterocycles. The van der Waals surface area contributed by atoms with Crippen LogP contribution in [0.15, 0.2) is 25.7 Å². The lowest BCUT2D eigenvalue weighted by Crippen LogP contribution is -2.20. The molecule has 0 aliphatic heterocycles. The maximum absolute atomic E-state index is 12.9. The number of nitrogens with zero attached hydrogens (tertiary/aromatic N) is 4. The molecule has 7 heteroatoms. The molecule has 98 valence electrons. The van der Waals surface area contributed by atoms with Gasteiger partial charge in [-0.05, 0) is 6.92 Å². The Morgan fingerprint density at radius 2 is 2.06 bits per heavy atom. The van der Waals surface area contributed by atoms with Crippen LogP contribution < -0.4 is 0 Å². The van der Waals surface area contributed by atoms with Gasteiger partial charge in [-0.1, -0.05) is 0 Å². The second kappa shape index (κ2) is 5.52. The first-order chi connectivity index (χ1) is 8.46. The Bertz CT molecular complexity index is 498. The summed E-state index contributed by atoms with van der Waals surface area (Å²) in [5.74, 6) is -1.76. The van der Waals surface area contributed by atoms with E-state index < -0.39 is 12.5 Å². The predicted octanol–water partition coefficient (Wildman–Crippen LogP) is 2.43. The number of aromatic amines is 1. The summed E-state index contributed by atoms with van der Waals surface area (Å²) in [6.07, 6.45) is 2.79. The minimum Gasteiger partial charge on any atom is -0.340 e. The minimum absolute atomic E-state index is 0.363. The van der Waals surface area contributed by atoms with E-state index in [1.54, 1.807) is 13.1 Å². The normalized spacial score (nSPS) is 10.9. The van der Waals surface area contributed by atoms with Gasteiger partial charge >= 0.3 is 0 Å². The van der Waals surface area contributed by atoms with Crippen LogP contribution in [0.3, 0.4) is 0 Å². The SMILES string of the molecule is C=C.Cc1ncc(-c2ncnn2CC(C)(F)F)[nH]1. The molecular formula is C11H15F2N5. The van der Waals surface area contributed by atoms with Crippen molar-refractivity contribution in [3.8, 4) is 11.5 Å². The molecule has 0 saturated carbocycles. The fraction of sp³-hybridized carbons (Fsp3) is 0.364. The van der Waals surface area contributed by atoms with Crippen molar-refractivity contribution < 1.29 is 8.78 Å². The summed E-state index contributed by atoms with van der Waals surface area (Å²) < 4.78 is 26.9. The molecular weight excluding hydrogens is 240 g/mol. The third-order valence-corrected chi connectivity index (χ3v) is 1.99. The van der Waals surface area contributed by atoms with E-state index in [0.29, 0.717) is 17.3 Å². The molecule has 0 spiro atoms. The van der Waals surface area contributed by atoms with Crippen LogP contribution in [-0.4, -0.2) is 30.7 Å². The summed E-state index contributed by atoms with van der Waals surface area (Å²) in [5, 5.41) is 3.76. The smallest absolute Gasteiger partial charge is 0.264 e. The highest BCUT2D eigenvalue weighted by Gasteiger charge is 2.24. The van der Waals surface area contributed by atoms with Crippen molar-refractivity contribution in [1.29, 1.82) is 0 Å². The number of rotatable bonds is 3. The van der Waals surface area contributed by atoms with E-state index in [1.807, 2.05) is 0 Å². The van der Waals surface area contributed by atoms with Gasteiger partial charge in [0.05, 0.1) is 6.20 Å². The van der Waals surface area contributed by atoms with Crippen molar-refractivity contribution >= 4 is 0 Å². The van der Waals surface area contributed by atoms with E-state index in [9.17, 15) is 8.78 Å². The zero-order chi connectivity index (χ0) is 13.8. The Morgan fingerprint density at radius 1 is 1.39 bits per heavy atom. The number of alkyl halides is 2. The molecule has 0 amide bonds. The van der Waals surface area contributed by atoms with Crippen LogP contribution in [0.5, 0.6) is 0 Å². The van der Waals surface area contributed by atoms with Crippen molar-refractivity contribution in [1.82, 2.24) is 24.7 Å². The fourth-order valence-corrected chi connectivity index (χ4v) is 1.39. The predicted molar refractivity (Wildman–Crippen MR) is 64.2 cm³/mol. The topological polar surface area (TPSA) is 59.4 Å². The number of nitrogens with one attached hydrogen (secondary N) is 1. The molecule has 1 N–H and O–H groups in total. The second-order valence-corrected chi connectivity index (χ2v) is 3.69. The Labute approximate surface area is 104 Å². The molecule has 2 rings (SSSR count). The monoisotopic (exact) mass is 255 g/mol. The Hall–Kier alpha value is -2.05. The Morgan fingerprint density at radius 3 is 2.56 bits per heavy atom. The summed E-state index contributed by atoms with van der Waals surface area (Å²) in [6, 6.07) is 0. The molecule has 0 aliphatic rings. The van der Waals surface area contributed by atoms with Crippen LogP contribution in [0.2, 0.25) is 0 Å². The molecule has 2 heterocycles. The van der Waals surface area contributed by atoms with Crippen LogP contribution in [-0.2, 0) is 6.54 Å². The van der Waals surface area contributed by atoms with E-state index in [-0.39, 0.29) is 0 Å². The number of H-pyrrole nitrogens is 1. The van der Waals surface area contributed by atoms with E-state index in [0.717, 1.165) is 11.6 Å². The molecule has 0 aromatic carbocycles. The van der Waals surface area contributed by atoms with Gasteiger partial charge in [0, 0.05) is 6.92 Å². The minimum atomic E-state index is -2.82. The van der Waals surface area contributed by atoms with Gasteiger partial charge in [-0.25, -0.2) is 23.4 Å². The van der Waals surface area contributed by atoms with Crippen LogP contribution in [0.4, 0.5) is 8.78 Å². The van der Waals surface area contributed by atoms with E-state index in [2.05, 4.69) is 33.2 Å². The van der Waals surface area contributed by atoms with Crippen molar-refractivity contribution in [3.63, 3.8) is 0 Å². The van der Waals surface area contributed by atoms with E-state index >= 15 is 0 Å². The molecule has 0 bridgehead atoms. The summed E-state index contributed by atoms with van der Waals surface area (Å²) in [7, 11) is 0. The molecule has 0 aliphatic carbocycles. The van der Waals surface area contributed by atoms with Crippen LogP contribution in [0.25, 0.3) is 11.5 Å². The summed E-state index contributed by atoms with van der Waals surface area (Å²) >= 11 is 0. The Balaban J connectivity index is 0.000000771. The highest BCUT2D eigenvalue weighted by atomic mass is 19.3. The van der Waals surface area contributed by atoms with Crippen LogP contribution >= 0.6 is 0 Å². The first-order valence-electron chi connectivity index (χ1n) is 5.23. The van der Waals surface area contributed by atoms with Gasteiger partial charge in [-0.3, -0.25) is 0 Å². The molecule has 2 aromatic heterocycles. The van der Waals surface area contributed by atoms with Crippen molar-refractivity contribution in [2.24, 2.45) is 0 Å². The van der Waals surface area contributed by atoms with Gasteiger partial charge in [-0.2, -0.15) is 5.10 Å². The van der Waals surface area contributed by atoms with Crippen molar-refractivity contribution in [2.75, 3.05) is 0 Å². The maximum atomic E-state index is 12.9. The molecule has 2 aromatic rings. The highest BCUT2D eigenvalue weighted by Crippen LogP contribution is 2.19. The first kappa shape index (κ1) is 14.0. The van der Waals surface area contributed by atoms with Gasteiger partial charge in [0.1, 0.15) is 24.4 Å². The molecule has 0 atom stereocenters. The standard InChI is InChI=1S/C9H11F2N5.C2H4/c1-6-12-3-7(15-6)8-13-5-14-16(8)4-9(2,10)11;1-2/h3,5H,4H2,1-2H3,(H,12,15);1-2H2. The number of aromatic nitrogens is 5. The van der Waals surface area contributed by atoms with Gasteiger partial charge < -0.3 is 4.98 Å². The third-order valence-electron chi connectivity index (χ3n) is 1.99. The second-order valence-electron chi connectivity index (χ2n) is 3.69. The zero-order valence-corrected chi connectivity index (χ0v) is 10.3. The summed E-state index contributed by atoms with van der Waals surface area (Å²) in [6.45, 7) is 8.12. The molecule has 5 nitrogen and oxygen atoms in total. The van der Waals surface area contributed by atoms with Crippen molar-refractivity contribution in [2.45, 2.75) is 26.3 Å². The lowest BCUT2D eigenvalue weighted by molar-refractivity contribution is 0.000978. The number of hydrogen-bond donors (Lipinski definition) is 1. The zero-order valence-electron chi connectivity index (χ0n) is 10.3. The number of halogens is 2. The van der Waals surface area contributed by atoms with E-state index in [1.165, 1.54) is 6.33 Å². The first-order valence-corrected chi connectivity index (χ1v) is 5.23. The molecule has 0 fully saturated rings. The average Bonchev–Trinajstić information content (AvgIpc) is 2.88. The fourth-order valence-electron chi connectivity index (χ4n) is 1.39. The summed E-state index contributed by atoms with van der Waals surface area (Å²) in [4.78, 5) is 10.8. The van der Waals surface area contributed by atoms with Crippen LogP contribution in [0.1, 0.15) is 12.7 Å². The average molecular weight is 255 g/mol. The number of imidazole rings is 1. The lowest BCUT2D eigenvalue weighted by atomic mass is 10.3. The third kappa shape index (κ3) is 3.47. The Kier molecular flexibility index (Phi) is 4.30. The van der Waals surface area contributed by atoms with E-state index in [4.69, 9.17) is 0 Å². The quantitative estimate of drug-likeness (QED) is 0.857. The van der Waals surface area contributed by atoms with Gasteiger partial charge in [-0.15, -0.1) is 13.2 Å². The van der Waals surface area contributed by atoms with Crippen molar-refractivity contribution in [3.05, 3.63) is 31.5 Å². The molecule has 0 unspecified atom stereocenters. The van der Waals surface area contributed by atoms with Crippen LogP contribution in [0, 0.1) is 6.92 Å². The molecule has 0 radical (unpaired) electrons. The van der Waals surface area contributed by atoms with Gasteiger partial charge in [0.2, 0.25) is 0 Å². The van der Waals surface area contributed by atoms with Gasteiger partial charge in [0.25, 0.3) is 5.92 Å². The lowest BCUT2D eigenvalue weighted by Gasteiger charge is -2.10. The highest BCUT2D eigenvalue weighted by molar-refractivity contribution is 5.47. The molecule has 18 heavy (non-hydrogen) atoms.